The molecule has 0 radical (unpaired) electrons. The molecule has 3 nitrogen and oxygen atoms in total. The third-order valence-corrected chi connectivity index (χ3v) is 5.18. The zero-order valence-electron chi connectivity index (χ0n) is 11.6. The fourth-order valence-corrected chi connectivity index (χ4v) is 2.95. The Kier molecular flexibility index (Phi) is 4.98. The van der Waals surface area contributed by atoms with E-state index in [4.69, 9.17) is 0 Å². The molecule has 0 saturated heterocycles. The highest BCUT2D eigenvalue weighted by molar-refractivity contribution is 9.10. The number of amides is 1. The Hall–Kier alpha value is -0.390. The summed E-state index contributed by atoms with van der Waals surface area (Å²) in [5, 5.41) is 8.08. The molecule has 0 aliphatic carbocycles. The van der Waals surface area contributed by atoms with E-state index in [1.54, 1.807) is 18.4 Å². The Morgan fingerprint density at radius 3 is 2.44 bits per heavy atom. The highest BCUT2D eigenvalue weighted by atomic mass is 79.9. The van der Waals surface area contributed by atoms with Gasteiger partial charge in [-0.15, -0.1) is 11.3 Å². The average Bonchev–Trinajstić information content (AvgIpc) is 2.73. The van der Waals surface area contributed by atoms with Crippen molar-refractivity contribution in [2.75, 3.05) is 13.6 Å². The monoisotopic (exact) mass is 332 g/mol. The number of nitrogens with one attached hydrogen (secondary N) is 2. The van der Waals surface area contributed by atoms with Gasteiger partial charge in [0.25, 0.3) is 0 Å². The molecule has 0 saturated carbocycles. The maximum Gasteiger partial charge on any atom is 0.239 e. The molecule has 0 atom stereocenters. The molecular weight excluding hydrogens is 312 g/mol. The van der Waals surface area contributed by atoms with Gasteiger partial charge in [-0.2, -0.15) is 0 Å². The molecule has 0 unspecified atom stereocenters. The van der Waals surface area contributed by atoms with E-state index in [0.29, 0.717) is 6.54 Å². The molecule has 0 aromatic carbocycles. The van der Waals surface area contributed by atoms with Gasteiger partial charge in [-0.3, -0.25) is 4.79 Å². The molecule has 0 bridgehead atoms. The first kappa shape index (κ1) is 15.7. The minimum absolute atomic E-state index is 0.0219. The molecule has 0 aliphatic rings. The normalized spacial score (nSPS) is 12.6. The van der Waals surface area contributed by atoms with E-state index in [0.717, 1.165) is 4.47 Å². The number of carbonyl (C=O) groups excluding carboxylic acids is 1. The van der Waals surface area contributed by atoms with Crippen molar-refractivity contribution in [2.45, 2.75) is 38.6 Å². The van der Waals surface area contributed by atoms with Crippen molar-refractivity contribution in [3.63, 3.8) is 0 Å². The quantitative estimate of drug-likeness (QED) is 0.870. The van der Waals surface area contributed by atoms with E-state index in [2.05, 4.69) is 51.9 Å². The summed E-state index contributed by atoms with van der Waals surface area (Å²) in [6.45, 7) is 8.65. The lowest BCUT2D eigenvalue weighted by Gasteiger charge is -2.28. The fourth-order valence-electron chi connectivity index (χ4n) is 1.39. The van der Waals surface area contributed by atoms with Crippen molar-refractivity contribution in [3.05, 3.63) is 20.8 Å². The van der Waals surface area contributed by atoms with Gasteiger partial charge in [0.05, 0.1) is 5.54 Å². The Labute approximate surface area is 121 Å². The lowest BCUT2D eigenvalue weighted by Crippen LogP contribution is -2.53. The van der Waals surface area contributed by atoms with Crippen LogP contribution < -0.4 is 10.6 Å². The molecular formula is C13H21BrN2OS. The van der Waals surface area contributed by atoms with Crippen LogP contribution in [0.2, 0.25) is 0 Å². The molecule has 5 heteroatoms. The topological polar surface area (TPSA) is 41.1 Å². The molecule has 1 aromatic rings. The van der Waals surface area contributed by atoms with Crippen molar-refractivity contribution in [3.8, 4) is 0 Å². The maximum absolute atomic E-state index is 12.0. The highest BCUT2D eigenvalue weighted by Crippen LogP contribution is 2.31. The number of carbonyl (C=O) groups is 1. The van der Waals surface area contributed by atoms with E-state index in [1.807, 2.05) is 13.8 Å². The number of hydrogen-bond acceptors (Lipinski definition) is 3. The molecule has 2 N–H and O–H groups in total. The van der Waals surface area contributed by atoms with Crippen LogP contribution in [0.1, 0.15) is 32.6 Å². The third-order valence-electron chi connectivity index (χ3n) is 3.12. The van der Waals surface area contributed by atoms with Crippen molar-refractivity contribution < 1.29 is 4.79 Å². The van der Waals surface area contributed by atoms with Gasteiger partial charge in [-0.1, -0.05) is 13.8 Å². The summed E-state index contributed by atoms with van der Waals surface area (Å²) in [6.07, 6.45) is 0. The Morgan fingerprint density at radius 1 is 1.39 bits per heavy atom. The van der Waals surface area contributed by atoms with Crippen LogP contribution in [0.25, 0.3) is 0 Å². The molecule has 1 amide bonds. The zero-order valence-corrected chi connectivity index (χ0v) is 14.0. The number of rotatable bonds is 5. The Bertz CT molecular complexity index is 426. The maximum atomic E-state index is 12.0. The van der Waals surface area contributed by atoms with Gasteiger partial charge in [0.15, 0.2) is 0 Å². The van der Waals surface area contributed by atoms with Crippen LogP contribution in [0.5, 0.6) is 0 Å². The molecule has 102 valence electrons. The largest absolute Gasteiger partial charge is 0.354 e. The fraction of sp³-hybridized carbons (Fsp3) is 0.615. The van der Waals surface area contributed by atoms with Crippen molar-refractivity contribution in [1.29, 1.82) is 0 Å². The first-order valence-electron chi connectivity index (χ1n) is 5.91. The number of halogens is 1. The van der Waals surface area contributed by atoms with Crippen molar-refractivity contribution in [1.82, 2.24) is 10.6 Å². The standard InChI is InChI=1S/C13H21BrN2OS/c1-12(2,10-6-9(14)7-18-10)8-16-11(17)13(3,4)15-5/h6-7,15H,8H2,1-5H3,(H,16,17). The summed E-state index contributed by atoms with van der Waals surface area (Å²) in [4.78, 5) is 13.3. The second-order valence-corrected chi connectivity index (χ2v) is 7.40. The van der Waals surface area contributed by atoms with Gasteiger partial charge in [0.2, 0.25) is 5.91 Å². The van der Waals surface area contributed by atoms with Gasteiger partial charge >= 0.3 is 0 Å². The summed E-state index contributed by atoms with van der Waals surface area (Å²) >= 11 is 5.17. The minimum atomic E-state index is -0.536. The van der Waals surface area contributed by atoms with Crippen molar-refractivity contribution in [2.24, 2.45) is 0 Å². The SMILES string of the molecule is CNC(C)(C)C(=O)NCC(C)(C)c1cc(Br)cs1. The minimum Gasteiger partial charge on any atom is -0.354 e. The molecule has 0 fully saturated rings. The lowest BCUT2D eigenvalue weighted by molar-refractivity contribution is -0.126. The van der Waals surface area contributed by atoms with E-state index in [1.165, 1.54) is 4.88 Å². The second kappa shape index (κ2) is 5.72. The molecule has 1 rings (SSSR count). The van der Waals surface area contributed by atoms with Gasteiger partial charge in [-0.05, 0) is 42.9 Å². The molecule has 0 spiro atoms. The molecule has 18 heavy (non-hydrogen) atoms. The van der Waals surface area contributed by atoms with Crippen LogP contribution in [0.15, 0.2) is 15.9 Å². The average molecular weight is 333 g/mol. The van der Waals surface area contributed by atoms with Crippen LogP contribution >= 0.6 is 27.3 Å². The van der Waals surface area contributed by atoms with Gasteiger partial charge in [-0.25, -0.2) is 0 Å². The second-order valence-electron chi connectivity index (χ2n) is 5.57. The molecule has 1 aromatic heterocycles. The third kappa shape index (κ3) is 3.80. The van der Waals surface area contributed by atoms with Gasteiger partial charge < -0.3 is 10.6 Å². The number of likely N-dealkylation sites (N-methyl/N-ethyl adjacent to an activating group) is 1. The first-order chi connectivity index (χ1) is 8.19. The van der Waals surface area contributed by atoms with Gasteiger partial charge in [0.1, 0.15) is 0 Å². The first-order valence-corrected chi connectivity index (χ1v) is 7.58. The van der Waals surface area contributed by atoms with Crippen LogP contribution in [0.3, 0.4) is 0 Å². The smallest absolute Gasteiger partial charge is 0.239 e. The van der Waals surface area contributed by atoms with E-state index in [9.17, 15) is 4.79 Å². The Balaban J connectivity index is 2.65. The summed E-state index contributed by atoms with van der Waals surface area (Å²) in [6, 6.07) is 2.11. The van der Waals surface area contributed by atoms with E-state index in [-0.39, 0.29) is 11.3 Å². The summed E-state index contributed by atoms with van der Waals surface area (Å²) in [5.74, 6) is 0.0219. The summed E-state index contributed by atoms with van der Waals surface area (Å²) < 4.78 is 1.09. The van der Waals surface area contributed by atoms with Crippen LogP contribution in [-0.2, 0) is 10.2 Å². The summed E-state index contributed by atoms with van der Waals surface area (Å²) in [5.41, 5.74) is -0.595. The van der Waals surface area contributed by atoms with E-state index < -0.39 is 5.54 Å². The van der Waals surface area contributed by atoms with E-state index >= 15 is 0 Å². The predicted molar refractivity (Wildman–Crippen MR) is 81.2 cm³/mol. The van der Waals surface area contributed by atoms with Crippen LogP contribution in [0, 0.1) is 0 Å². The number of hydrogen-bond donors (Lipinski definition) is 2. The predicted octanol–water partition coefficient (Wildman–Crippen LogP) is 2.90. The Morgan fingerprint density at radius 2 is 2.00 bits per heavy atom. The lowest BCUT2D eigenvalue weighted by atomic mass is 9.91. The van der Waals surface area contributed by atoms with Crippen LogP contribution in [0.4, 0.5) is 0 Å². The number of thiophene rings is 1. The summed E-state index contributed by atoms with van der Waals surface area (Å²) in [7, 11) is 1.79. The molecule has 0 aliphatic heterocycles. The van der Waals surface area contributed by atoms with Crippen molar-refractivity contribution >= 4 is 33.2 Å². The molecule has 1 heterocycles. The van der Waals surface area contributed by atoms with Gasteiger partial charge in [0, 0.05) is 26.7 Å². The van der Waals surface area contributed by atoms with Crippen LogP contribution in [-0.4, -0.2) is 25.0 Å². The highest BCUT2D eigenvalue weighted by Gasteiger charge is 2.28. The zero-order chi connectivity index (χ0) is 14.0.